The third-order valence-corrected chi connectivity index (χ3v) is 5.27. The second-order valence-electron chi connectivity index (χ2n) is 6.36. The first-order valence-corrected chi connectivity index (χ1v) is 10.1. The van der Waals surface area contributed by atoms with E-state index in [4.69, 9.17) is 11.6 Å². The fourth-order valence-corrected chi connectivity index (χ4v) is 3.65. The van der Waals surface area contributed by atoms with Crippen LogP contribution in [0.3, 0.4) is 0 Å². The van der Waals surface area contributed by atoms with Crippen molar-refractivity contribution in [3.63, 3.8) is 0 Å². The minimum absolute atomic E-state index is 0.0689. The molecule has 0 unspecified atom stereocenters. The molecule has 0 bridgehead atoms. The number of aromatic nitrogens is 2. The van der Waals surface area contributed by atoms with Crippen molar-refractivity contribution in [1.82, 2.24) is 14.7 Å². The molecule has 2 aromatic heterocycles. The summed E-state index contributed by atoms with van der Waals surface area (Å²) in [6.07, 6.45) is 1.77. The molecule has 0 fully saturated rings. The Morgan fingerprint density at radius 1 is 1.30 bits per heavy atom. The van der Waals surface area contributed by atoms with Gasteiger partial charge in [-0.3, -0.25) is 14.0 Å². The van der Waals surface area contributed by atoms with Gasteiger partial charge in [0.25, 0.3) is 5.56 Å². The Morgan fingerprint density at radius 3 is 2.89 bits per heavy atom. The SMILES string of the molecule is Cc1ccc2nc(CSCC(=O)N[C@H](C)c3cccc(Cl)c3)cc(=O)n2c1. The van der Waals surface area contributed by atoms with E-state index in [1.807, 2.05) is 44.2 Å². The van der Waals surface area contributed by atoms with E-state index in [-0.39, 0.29) is 17.5 Å². The number of benzene rings is 1. The number of fused-ring (bicyclic) bond motifs is 1. The van der Waals surface area contributed by atoms with Gasteiger partial charge in [-0.1, -0.05) is 29.8 Å². The third kappa shape index (κ3) is 5.11. The van der Waals surface area contributed by atoms with Gasteiger partial charge in [0.1, 0.15) is 5.65 Å². The number of pyridine rings is 1. The van der Waals surface area contributed by atoms with Crippen LogP contribution in [0.4, 0.5) is 0 Å². The highest BCUT2D eigenvalue weighted by molar-refractivity contribution is 7.99. The van der Waals surface area contributed by atoms with Crippen LogP contribution in [-0.4, -0.2) is 21.0 Å². The predicted octanol–water partition coefficient (Wildman–Crippen LogP) is 3.77. The van der Waals surface area contributed by atoms with Crippen molar-refractivity contribution < 1.29 is 4.79 Å². The van der Waals surface area contributed by atoms with E-state index in [0.29, 0.717) is 27.9 Å². The number of rotatable bonds is 6. The fourth-order valence-electron chi connectivity index (χ4n) is 2.72. The van der Waals surface area contributed by atoms with Crippen molar-refractivity contribution in [3.05, 3.63) is 80.9 Å². The molecule has 0 radical (unpaired) electrons. The monoisotopic (exact) mass is 401 g/mol. The number of amides is 1. The summed E-state index contributed by atoms with van der Waals surface area (Å²) in [4.78, 5) is 28.9. The Hall–Kier alpha value is -2.31. The number of nitrogens with zero attached hydrogens (tertiary/aromatic N) is 2. The summed E-state index contributed by atoms with van der Waals surface area (Å²) in [5, 5.41) is 3.60. The van der Waals surface area contributed by atoms with E-state index in [1.165, 1.54) is 22.2 Å². The average molecular weight is 402 g/mol. The molecule has 1 amide bonds. The first-order chi connectivity index (χ1) is 12.9. The Morgan fingerprint density at radius 2 is 2.11 bits per heavy atom. The van der Waals surface area contributed by atoms with Crippen LogP contribution in [0.1, 0.15) is 29.8 Å². The maximum atomic E-state index is 12.2. The van der Waals surface area contributed by atoms with Crippen LogP contribution < -0.4 is 10.9 Å². The van der Waals surface area contributed by atoms with E-state index >= 15 is 0 Å². The normalized spacial score (nSPS) is 12.1. The lowest BCUT2D eigenvalue weighted by Crippen LogP contribution is -2.28. The zero-order valence-corrected chi connectivity index (χ0v) is 16.7. The molecule has 2 heterocycles. The summed E-state index contributed by atoms with van der Waals surface area (Å²) in [5.41, 5.74) is 3.13. The number of carbonyl (C=O) groups excluding carboxylic acids is 1. The standard InChI is InChI=1S/C20H20ClN3O2S/c1-13-6-7-18-23-17(9-20(26)24(18)10-13)11-27-12-19(25)22-14(2)15-4-3-5-16(21)8-15/h3-10,14H,11-12H2,1-2H3,(H,22,25)/t14-/m1/s1. The van der Waals surface area contributed by atoms with Gasteiger partial charge >= 0.3 is 0 Å². The van der Waals surface area contributed by atoms with Crippen LogP contribution in [-0.2, 0) is 10.5 Å². The fraction of sp³-hybridized carbons (Fsp3) is 0.250. The van der Waals surface area contributed by atoms with Crippen molar-refractivity contribution >= 4 is 34.9 Å². The van der Waals surface area contributed by atoms with Gasteiger partial charge in [0.05, 0.1) is 17.5 Å². The third-order valence-electron chi connectivity index (χ3n) is 4.07. The van der Waals surface area contributed by atoms with Crippen LogP contribution in [0.15, 0.2) is 53.5 Å². The maximum absolute atomic E-state index is 12.2. The summed E-state index contributed by atoms with van der Waals surface area (Å²) in [6, 6.07) is 12.6. The van der Waals surface area contributed by atoms with Gasteiger partial charge in [-0.15, -0.1) is 11.8 Å². The molecule has 0 spiro atoms. The first kappa shape index (κ1) is 19.5. The smallest absolute Gasteiger partial charge is 0.258 e. The number of nitrogens with one attached hydrogen (secondary N) is 1. The maximum Gasteiger partial charge on any atom is 0.258 e. The summed E-state index contributed by atoms with van der Waals surface area (Å²) in [6.45, 7) is 3.85. The van der Waals surface area contributed by atoms with E-state index in [2.05, 4.69) is 10.3 Å². The first-order valence-electron chi connectivity index (χ1n) is 8.54. The van der Waals surface area contributed by atoms with Gasteiger partial charge in [-0.25, -0.2) is 4.98 Å². The van der Waals surface area contributed by atoms with Gasteiger partial charge < -0.3 is 5.32 Å². The molecule has 1 N–H and O–H groups in total. The molecular formula is C20H20ClN3O2S. The van der Waals surface area contributed by atoms with Crippen LogP contribution in [0, 0.1) is 6.92 Å². The number of hydrogen-bond donors (Lipinski definition) is 1. The van der Waals surface area contributed by atoms with Crippen LogP contribution in [0.25, 0.3) is 5.65 Å². The zero-order chi connectivity index (χ0) is 19.4. The lowest BCUT2D eigenvalue weighted by Gasteiger charge is -2.14. The van der Waals surface area contributed by atoms with E-state index in [9.17, 15) is 9.59 Å². The largest absolute Gasteiger partial charge is 0.349 e. The lowest BCUT2D eigenvalue weighted by atomic mass is 10.1. The van der Waals surface area contributed by atoms with Crippen molar-refractivity contribution in [2.24, 2.45) is 0 Å². The number of carbonyl (C=O) groups is 1. The Labute approximate surface area is 166 Å². The van der Waals surface area contributed by atoms with Gasteiger partial charge in [-0.2, -0.15) is 0 Å². The summed E-state index contributed by atoms with van der Waals surface area (Å²) < 4.78 is 1.53. The second kappa shape index (κ2) is 8.59. The van der Waals surface area contributed by atoms with E-state index in [0.717, 1.165) is 11.1 Å². The number of hydrogen-bond acceptors (Lipinski definition) is 4. The average Bonchev–Trinajstić information content (AvgIpc) is 2.62. The molecule has 7 heteroatoms. The summed E-state index contributed by atoms with van der Waals surface area (Å²) in [7, 11) is 0. The Bertz CT molecular complexity index is 1040. The summed E-state index contributed by atoms with van der Waals surface area (Å²) in [5.74, 6) is 0.721. The molecule has 3 aromatic rings. The van der Waals surface area contributed by atoms with Crippen LogP contribution in [0.2, 0.25) is 5.02 Å². The van der Waals surface area contributed by atoms with Crippen molar-refractivity contribution in [1.29, 1.82) is 0 Å². The molecule has 1 atom stereocenters. The van der Waals surface area contributed by atoms with Crippen molar-refractivity contribution in [3.8, 4) is 0 Å². The van der Waals surface area contributed by atoms with Gasteiger partial charge in [0, 0.05) is 23.0 Å². The van der Waals surface area contributed by atoms with Crippen molar-refractivity contribution in [2.45, 2.75) is 25.6 Å². The van der Waals surface area contributed by atoms with E-state index in [1.54, 1.807) is 12.3 Å². The molecule has 140 valence electrons. The molecule has 0 saturated carbocycles. The molecule has 0 aliphatic carbocycles. The molecule has 3 rings (SSSR count). The summed E-state index contributed by atoms with van der Waals surface area (Å²) >= 11 is 7.42. The van der Waals surface area contributed by atoms with Crippen molar-refractivity contribution in [2.75, 3.05) is 5.75 Å². The molecule has 27 heavy (non-hydrogen) atoms. The highest BCUT2D eigenvalue weighted by Crippen LogP contribution is 2.18. The molecule has 0 aliphatic rings. The van der Waals surface area contributed by atoms with Gasteiger partial charge in [0.15, 0.2) is 0 Å². The zero-order valence-electron chi connectivity index (χ0n) is 15.1. The molecule has 0 saturated heterocycles. The number of aryl methyl sites for hydroxylation is 1. The second-order valence-corrected chi connectivity index (χ2v) is 7.78. The topological polar surface area (TPSA) is 63.5 Å². The predicted molar refractivity (Wildman–Crippen MR) is 110 cm³/mol. The molecular weight excluding hydrogens is 382 g/mol. The Kier molecular flexibility index (Phi) is 6.19. The lowest BCUT2D eigenvalue weighted by molar-refractivity contribution is -0.119. The molecule has 1 aromatic carbocycles. The highest BCUT2D eigenvalue weighted by atomic mass is 35.5. The van der Waals surface area contributed by atoms with E-state index < -0.39 is 0 Å². The highest BCUT2D eigenvalue weighted by Gasteiger charge is 2.10. The number of halogens is 1. The minimum Gasteiger partial charge on any atom is -0.349 e. The molecule has 5 nitrogen and oxygen atoms in total. The Balaban J connectivity index is 1.56. The van der Waals surface area contributed by atoms with Crippen LogP contribution >= 0.6 is 23.4 Å². The van der Waals surface area contributed by atoms with Crippen LogP contribution in [0.5, 0.6) is 0 Å². The van der Waals surface area contributed by atoms with Gasteiger partial charge in [0.2, 0.25) is 5.91 Å². The minimum atomic E-state index is -0.122. The molecule has 0 aliphatic heterocycles. The van der Waals surface area contributed by atoms with Gasteiger partial charge in [-0.05, 0) is 43.2 Å². The quantitative estimate of drug-likeness (QED) is 0.683. The number of thioether (sulfide) groups is 1.